The Bertz CT molecular complexity index is 3910. The number of nitriles is 4. The van der Waals surface area contributed by atoms with E-state index in [0.717, 1.165) is 139 Å². The van der Waals surface area contributed by atoms with Gasteiger partial charge in [-0.2, -0.15) is 21.0 Å². The highest BCUT2D eigenvalue weighted by Gasteiger charge is 2.30. The third kappa shape index (κ3) is 5.78. The maximum atomic E-state index is 11.3. The molecule has 0 amide bonds. The van der Waals surface area contributed by atoms with E-state index in [0.29, 0.717) is 22.3 Å². The Kier molecular flexibility index (Phi) is 8.97. The van der Waals surface area contributed by atoms with Gasteiger partial charge in [0, 0.05) is 11.1 Å². The fourth-order valence-electron chi connectivity index (χ4n) is 13.7. The van der Waals surface area contributed by atoms with Crippen LogP contribution >= 0.6 is 0 Å². The standard InChI is InChI=1S/C66H44N4/c67-33-37-23-47(39-11-3-1-4-12-39)63(35-69)49(25-37)55-31-61-60-30-54-46-22-10-18-42-16-8-20-44(66(42)46)52(54)28-58(60)56(50-26-38(34-68)24-48(64(50)36-70)40-13-5-2-6-14-40)32-62(61)59-29-53-45-21-9-17-41-15-7-19-43(65(41)45)51(53)27-57(55)59/h7-10,15-32,39-40H,1-6,11-14H2. The average Bonchev–Trinajstić information content (AvgIpc) is 3.91. The first kappa shape index (κ1) is 40.5. The average molecular weight is 893 g/mol. The summed E-state index contributed by atoms with van der Waals surface area (Å²) in [5.74, 6) is 0.427. The van der Waals surface area contributed by atoms with Crippen molar-refractivity contribution in [3.05, 3.63) is 167 Å². The van der Waals surface area contributed by atoms with E-state index in [9.17, 15) is 21.0 Å². The zero-order chi connectivity index (χ0) is 46.8. The van der Waals surface area contributed by atoms with E-state index in [1.165, 1.54) is 56.6 Å². The van der Waals surface area contributed by atoms with Crippen molar-refractivity contribution in [3.63, 3.8) is 0 Å². The summed E-state index contributed by atoms with van der Waals surface area (Å²) < 4.78 is 0. The maximum absolute atomic E-state index is 11.3. The zero-order valence-corrected chi connectivity index (χ0v) is 38.7. The summed E-state index contributed by atoms with van der Waals surface area (Å²) in [7, 11) is 0. The van der Waals surface area contributed by atoms with E-state index in [1.807, 2.05) is 24.3 Å². The van der Waals surface area contributed by atoms with Gasteiger partial charge in [0.25, 0.3) is 0 Å². The molecular weight excluding hydrogens is 849 g/mol. The van der Waals surface area contributed by atoms with Gasteiger partial charge in [0.1, 0.15) is 12.1 Å². The highest BCUT2D eigenvalue weighted by molar-refractivity contribution is 6.29. The summed E-state index contributed by atoms with van der Waals surface area (Å²) in [4.78, 5) is 0. The second kappa shape index (κ2) is 15.5. The van der Waals surface area contributed by atoms with E-state index in [2.05, 4.69) is 133 Å². The lowest BCUT2D eigenvalue weighted by Gasteiger charge is -2.25. The van der Waals surface area contributed by atoms with Crippen LogP contribution in [-0.4, -0.2) is 0 Å². The Morgan fingerprint density at radius 2 is 0.629 bits per heavy atom. The van der Waals surface area contributed by atoms with Gasteiger partial charge in [-0.15, -0.1) is 0 Å². The summed E-state index contributed by atoms with van der Waals surface area (Å²) >= 11 is 0. The van der Waals surface area contributed by atoms with Crippen molar-refractivity contribution < 1.29 is 0 Å². The molecule has 4 nitrogen and oxygen atoms in total. The molecule has 0 aliphatic heterocycles. The summed E-state index contributed by atoms with van der Waals surface area (Å²) in [6.07, 6.45) is 10.9. The normalized spacial score (nSPS) is 15.0. The lowest BCUT2D eigenvalue weighted by Crippen LogP contribution is -2.08. The zero-order valence-electron chi connectivity index (χ0n) is 38.7. The molecular formula is C66H44N4. The number of hydrogen-bond donors (Lipinski definition) is 0. The number of rotatable bonds is 4. The van der Waals surface area contributed by atoms with Gasteiger partial charge in [-0.3, -0.25) is 0 Å². The van der Waals surface area contributed by atoms with Crippen molar-refractivity contribution >= 4 is 53.9 Å². The highest BCUT2D eigenvalue weighted by Crippen LogP contribution is 2.55. The lowest BCUT2D eigenvalue weighted by atomic mass is 9.78. The number of nitrogens with zero attached hydrogens (tertiary/aromatic N) is 4. The van der Waals surface area contributed by atoms with Crippen molar-refractivity contribution in [2.45, 2.75) is 76.0 Å². The van der Waals surface area contributed by atoms with E-state index in [1.54, 1.807) is 0 Å². The van der Waals surface area contributed by atoms with Gasteiger partial charge in [0.2, 0.25) is 0 Å². The molecule has 0 spiro atoms. The van der Waals surface area contributed by atoms with Gasteiger partial charge in [-0.1, -0.05) is 111 Å². The molecule has 0 saturated heterocycles. The molecule has 14 rings (SSSR count). The van der Waals surface area contributed by atoms with Crippen LogP contribution in [0.3, 0.4) is 0 Å². The summed E-state index contributed by atoms with van der Waals surface area (Å²) in [6, 6.07) is 58.6. The Hall–Kier alpha value is -8.54. The summed E-state index contributed by atoms with van der Waals surface area (Å²) in [5, 5.41) is 55.1. The number of fused-ring (bicyclic) bond motifs is 11. The van der Waals surface area contributed by atoms with Gasteiger partial charge in [0.15, 0.2) is 0 Å². The molecule has 10 aromatic rings. The molecule has 0 bridgehead atoms. The fraction of sp³-hybridized carbons (Fsp3) is 0.182. The molecule has 4 aliphatic carbocycles. The molecule has 2 saturated carbocycles. The van der Waals surface area contributed by atoms with E-state index in [-0.39, 0.29) is 11.8 Å². The molecule has 4 heteroatoms. The molecule has 70 heavy (non-hydrogen) atoms. The first-order valence-corrected chi connectivity index (χ1v) is 25.1. The quantitative estimate of drug-likeness (QED) is 0.164. The van der Waals surface area contributed by atoms with Crippen LogP contribution in [0.2, 0.25) is 0 Å². The van der Waals surface area contributed by atoms with E-state index >= 15 is 0 Å². The minimum Gasteiger partial charge on any atom is -0.192 e. The number of benzene rings is 10. The largest absolute Gasteiger partial charge is 0.192 e. The van der Waals surface area contributed by atoms with Gasteiger partial charge >= 0.3 is 0 Å². The molecule has 4 aliphatic rings. The molecule has 0 radical (unpaired) electrons. The van der Waals surface area contributed by atoms with Crippen LogP contribution in [-0.2, 0) is 0 Å². The Balaban J connectivity index is 1.17. The van der Waals surface area contributed by atoms with Gasteiger partial charge in [-0.25, -0.2) is 0 Å². The minimum atomic E-state index is 0.214. The third-order valence-electron chi connectivity index (χ3n) is 16.8. The summed E-state index contributed by atoms with van der Waals surface area (Å²) in [5.41, 5.74) is 17.3. The van der Waals surface area contributed by atoms with E-state index in [4.69, 9.17) is 0 Å². The SMILES string of the molecule is N#Cc1cc(-c2cc3c4cc5c(cc4c(-c4cc(C#N)cc(C6CCCCC6)c4C#N)cc3c3cc4c(cc23)-c2cccc3cccc-4c23)-c2cccc3cccc-5c23)c(C#N)c(C2CCCCC2)c1. The lowest BCUT2D eigenvalue weighted by molar-refractivity contribution is 0.443. The minimum absolute atomic E-state index is 0.214. The Labute approximate surface area is 406 Å². The molecule has 10 aromatic carbocycles. The van der Waals surface area contributed by atoms with Gasteiger partial charge in [-0.05, 0) is 219 Å². The first-order valence-electron chi connectivity index (χ1n) is 25.1. The van der Waals surface area contributed by atoms with Crippen LogP contribution in [0.25, 0.3) is 121 Å². The molecule has 0 aromatic heterocycles. The van der Waals surface area contributed by atoms with Crippen molar-refractivity contribution in [2.75, 3.05) is 0 Å². The molecule has 0 unspecified atom stereocenters. The second-order valence-corrected chi connectivity index (χ2v) is 20.3. The highest BCUT2D eigenvalue weighted by atomic mass is 14.4. The van der Waals surface area contributed by atoms with Crippen LogP contribution in [0, 0.1) is 45.3 Å². The van der Waals surface area contributed by atoms with Crippen LogP contribution in [0.15, 0.2) is 133 Å². The van der Waals surface area contributed by atoms with Crippen molar-refractivity contribution in [1.82, 2.24) is 0 Å². The van der Waals surface area contributed by atoms with E-state index < -0.39 is 0 Å². The van der Waals surface area contributed by atoms with Crippen molar-refractivity contribution in [1.29, 1.82) is 21.0 Å². The van der Waals surface area contributed by atoms with Crippen LogP contribution < -0.4 is 0 Å². The fourth-order valence-corrected chi connectivity index (χ4v) is 13.7. The summed E-state index contributed by atoms with van der Waals surface area (Å²) in [6.45, 7) is 0. The van der Waals surface area contributed by atoms with Crippen LogP contribution in [0.1, 0.15) is 109 Å². The molecule has 0 N–H and O–H groups in total. The third-order valence-corrected chi connectivity index (χ3v) is 16.8. The number of hydrogen-bond acceptors (Lipinski definition) is 4. The molecule has 0 atom stereocenters. The maximum Gasteiger partial charge on any atom is 0.100 e. The van der Waals surface area contributed by atoms with Crippen molar-refractivity contribution in [3.8, 4) is 91.0 Å². The monoisotopic (exact) mass is 892 g/mol. The molecule has 2 fully saturated rings. The Morgan fingerprint density at radius 1 is 0.300 bits per heavy atom. The van der Waals surface area contributed by atoms with Crippen molar-refractivity contribution in [2.24, 2.45) is 0 Å². The van der Waals surface area contributed by atoms with Gasteiger partial charge < -0.3 is 0 Å². The van der Waals surface area contributed by atoms with Gasteiger partial charge in [0.05, 0.1) is 34.4 Å². The first-order chi connectivity index (χ1) is 34.5. The van der Waals surface area contributed by atoms with Crippen LogP contribution in [0.5, 0.6) is 0 Å². The Morgan fingerprint density at radius 3 is 0.971 bits per heavy atom. The predicted octanol–water partition coefficient (Wildman–Crippen LogP) is 17.7. The topological polar surface area (TPSA) is 95.2 Å². The molecule has 0 heterocycles. The molecule has 328 valence electrons. The predicted molar refractivity (Wildman–Crippen MR) is 284 cm³/mol. The smallest absolute Gasteiger partial charge is 0.100 e. The second-order valence-electron chi connectivity index (χ2n) is 20.3. The van der Waals surface area contributed by atoms with Crippen LogP contribution in [0.4, 0.5) is 0 Å².